The maximum Gasteiger partial charge on any atom is 0.490 e. The minimum atomic E-state index is -5.08. The van der Waals surface area contributed by atoms with Crippen molar-refractivity contribution >= 4 is 21.8 Å². The van der Waals surface area contributed by atoms with E-state index in [1.54, 1.807) is 0 Å². The lowest BCUT2D eigenvalue weighted by atomic mass is 10.1. The van der Waals surface area contributed by atoms with Crippen molar-refractivity contribution in [2.24, 2.45) is 0 Å². The lowest BCUT2D eigenvalue weighted by Gasteiger charge is -2.26. The summed E-state index contributed by atoms with van der Waals surface area (Å²) in [5.74, 6) is -5.61. The number of benzene rings is 3. The highest BCUT2D eigenvalue weighted by molar-refractivity contribution is 7.90. The predicted octanol–water partition coefficient (Wildman–Crippen LogP) is 5.21. The third kappa shape index (κ3) is 10.8. The van der Waals surface area contributed by atoms with E-state index < -0.39 is 45.3 Å². The molecule has 4 rings (SSSR count). The van der Waals surface area contributed by atoms with Crippen LogP contribution in [0.15, 0.2) is 65.6 Å². The first-order valence-electron chi connectivity index (χ1n) is 13.5. The van der Waals surface area contributed by atoms with Gasteiger partial charge in [0.2, 0.25) is 0 Å². The SMILES string of the molecule is O=C(O)C(F)(F)F.O=C(OCCCCN1CCOCC1)c1ccc(CS(=O)(=O)c2cccc(-c3cc(F)ccc3F)c2)cc1O. The van der Waals surface area contributed by atoms with E-state index in [0.29, 0.717) is 6.42 Å². The Kier molecular flexibility index (Phi) is 12.4. The number of carboxylic acids is 1. The molecule has 1 aliphatic heterocycles. The Morgan fingerprint density at radius 2 is 1.64 bits per heavy atom. The minimum Gasteiger partial charge on any atom is -0.507 e. The standard InChI is InChI=1S/C28H29F2NO6S.C2HF3O2/c29-22-7-9-26(30)25(18-22)21-4-3-5-23(17-21)38(34,35)19-20-6-8-24(27(32)16-20)28(33)37-13-2-1-10-31-11-14-36-15-12-31;3-2(4,5)1(6)7/h3-9,16-18,32H,1-2,10-15,19H2;(H,6,7). The van der Waals surface area contributed by atoms with Crippen molar-refractivity contribution in [2.75, 3.05) is 39.5 Å². The van der Waals surface area contributed by atoms with Gasteiger partial charge in [-0.05, 0) is 73.0 Å². The molecule has 0 spiro atoms. The van der Waals surface area contributed by atoms with Crippen LogP contribution in [-0.4, -0.2) is 81.1 Å². The van der Waals surface area contributed by atoms with Crippen LogP contribution >= 0.6 is 0 Å². The number of phenolic OH excluding ortho intramolecular Hbond substituents is 1. The van der Waals surface area contributed by atoms with E-state index >= 15 is 0 Å². The van der Waals surface area contributed by atoms with Gasteiger partial charge in [-0.2, -0.15) is 13.2 Å². The average molecular weight is 660 g/mol. The van der Waals surface area contributed by atoms with E-state index in [-0.39, 0.29) is 39.5 Å². The molecule has 0 aliphatic carbocycles. The van der Waals surface area contributed by atoms with Crippen LogP contribution < -0.4 is 0 Å². The van der Waals surface area contributed by atoms with Gasteiger partial charge in [-0.3, -0.25) is 4.90 Å². The number of rotatable bonds is 10. The zero-order valence-corrected chi connectivity index (χ0v) is 24.5. The maximum absolute atomic E-state index is 14.2. The number of nitrogens with zero attached hydrogens (tertiary/aromatic N) is 1. The number of aromatic hydroxyl groups is 1. The molecule has 3 aromatic rings. The van der Waals surface area contributed by atoms with Gasteiger partial charge in [-0.15, -0.1) is 0 Å². The number of hydrogen-bond acceptors (Lipinski definition) is 8. The van der Waals surface area contributed by atoms with Crippen molar-refractivity contribution < 1.29 is 59.6 Å². The van der Waals surface area contributed by atoms with Gasteiger partial charge >= 0.3 is 18.1 Å². The Balaban J connectivity index is 0.000000707. The number of sulfone groups is 1. The van der Waals surface area contributed by atoms with Gasteiger partial charge in [0.1, 0.15) is 22.9 Å². The van der Waals surface area contributed by atoms with Gasteiger partial charge in [0.05, 0.1) is 30.5 Å². The summed E-state index contributed by atoms with van der Waals surface area (Å²) < 4.78 is 96.2. The minimum absolute atomic E-state index is 0.0522. The first kappa shape index (κ1) is 35.4. The molecule has 0 radical (unpaired) electrons. The Bertz CT molecular complexity index is 1590. The van der Waals surface area contributed by atoms with Crippen LogP contribution in [0.4, 0.5) is 22.0 Å². The fourth-order valence-electron chi connectivity index (χ4n) is 4.22. The monoisotopic (exact) mass is 659 g/mol. The van der Waals surface area contributed by atoms with Gasteiger partial charge in [0, 0.05) is 18.7 Å². The van der Waals surface area contributed by atoms with Gasteiger partial charge in [0.15, 0.2) is 9.84 Å². The number of ether oxygens (including phenoxy) is 2. The molecule has 0 saturated carbocycles. The third-order valence-electron chi connectivity index (χ3n) is 6.52. The van der Waals surface area contributed by atoms with Gasteiger partial charge in [-0.25, -0.2) is 26.8 Å². The molecule has 1 aliphatic rings. The van der Waals surface area contributed by atoms with E-state index in [0.717, 1.165) is 57.5 Å². The summed E-state index contributed by atoms with van der Waals surface area (Å²) in [6, 6.07) is 12.5. The van der Waals surface area contributed by atoms with Crippen LogP contribution in [-0.2, 0) is 29.9 Å². The van der Waals surface area contributed by atoms with Crippen LogP contribution in [0, 0.1) is 11.6 Å². The molecule has 0 amide bonds. The Morgan fingerprint density at radius 3 is 2.29 bits per heavy atom. The molecule has 0 atom stereocenters. The number of alkyl halides is 3. The van der Waals surface area contributed by atoms with Crippen molar-refractivity contribution in [2.45, 2.75) is 29.7 Å². The van der Waals surface area contributed by atoms with Crippen LogP contribution in [0.1, 0.15) is 28.8 Å². The highest BCUT2D eigenvalue weighted by Crippen LogP contribution is 2.28. The fourth-order valence-corrected chi connectivity index (χ4v) is 5.60. The highest BCUT2D eigenvalue weighted by atomic mass is 32.2. The quantitative estimate of drug-likeness (QED) is 0.171. The van der Waals surface area contributed by atoms with Crippen LogP contribution in [0.25, 0.3) is 11.1 Å². The molecule has 0 unspecified atom stereocenters. The van der Waals surface area contributed by atoms with E-state index in [2.05, 4.69) is 4.90 Å². The molecule has 15 heteroatoms. The second-order valence-electron chi connectivity index (χ2n) is 9.86. The summed E-state index contributed by atoms with van der Waals surface area (Å²) >= 11 is 0. The zero-order chi connectivity index (χ0) is 33.2. The topological polar surface area (TPSA) is 130 Å². The summed E-state index contributed by atoms with van der Waals surface area (Å²) in [6.45, 7) is 4.36. The molecular formula is C30H30F5NO8S. The summed E-state index contributed by atoms with van der Waals surface area (Å²) in [6.07, 6.45) is -3.54. The van der Waals surface area contributed by atoms with Crippen molar-refractivity contribution in [3.63, 3.8) is 0 Å². The van der Waals surface area contributed by atoms with Crippen molar-refractivity contribution in [1.82, 2.24) is 4.90 Å². The summed E-state index contributed by atoms with van der Waals surface area (Å²) in [7, 11) is -3.90. The lowest BCUT2D eigenvalue weighted by molar-refractivity contribution is -0.192. The number of unbranched alkanes of at least 4 members (excludes halogenated alkanes) is 1. The molecule has 1 saturated heterocycles. The Hall–Kier alpha value is -4.08. The number of phenols is 1. The van der Waals surface area contributed by atoms with Gasteiger partial charge < -0.3 is 19.7 Å². The largest absolute Gasteiger partial charge is 0.507 e. The average Bonchev–Trinajstić information content (AvgIpc) is 2.98. The molecule has 45 heavy (non-hydrogen) atoms. The number of aliphatic carboxylic acids is 1. The molecule has 0 aromatic heterocycles. The van der Waals surface area contributed by atoms with E-state index in [1.807, 2.05) is 0 Å². The van der Waals surface area contributed by atoms with E-state index in [1.165, 1.54) is 42.5 Å². The van der Waals surface area contributed by atoms with Crippen LogP contribution in [0.2, 0.25) is 0 Å². The molecule has 1 heterocycles. The van der Waals surface area contributed by atoms with Gasteiger partial charge in [0.25, 0.3) is 0 Å². The third-order valence-corrected chi connectivity index (χ3v) is 8.20. The van der Waals surface area contributed by atoms with Crippen molar-refractivity contribution in [3.05, 3.63) is 83.4 Å². The molecular weight excluding hydrogens is 629 g/mol. The van der Waals surface area contributed by atoms with E-state index in [4.69, 9.17) is 19.4 Å². The lowest BCUT2D eigenvalue weighted by Crippen LogP contribution is -2.36. The Labute approximate surface area is 255 Å². The number of halogens is 5. The highest BCUT2D eigenvalue weighted by Gasteiger charge is 2.38. The Morgan fingerprint density at radius 1 is 0.956 bits per heavy atom. The molecule has 244 valence electrons. The predicted molar refractivity (Wildman–Crippen MR) is 151 cm³/mol. The molecule has 2 N–H and O–H groups in total. The smallest absolute Gasteiger partial charge is 0.490 e. The zero-order valence-electron chi connectivity index (χ0n) is 23.7. The number of hydrogen-bond donors (Lipinski definition) is 2. The number of carboxylic acid groups (broad SMARTS) is 1. The summed E-state index contributed by atoms with van der Waals surface area (Å²) in [4.78, 5) is 23.5. The van der Waals surface area contributed by atoms with Gasteiger partial charge in [-0.1, -0.05) is 18.2 Å². The molecule has 1 fully saturated rings. The first-order chi connectivity index (χ1) is 21.2. The normalized spacial score (nSPS) is 13.9. The fraction of sp³-hybridized carbons (Fsp3) is 0.333. The van der Waals surface area contributed by atoms with Crippen molar-refractivity contribution in [1.29, 1.82) is 0 Å². The molecule has 3 aromatic carbocycles. The number of esters is 1. The number of carbonyl (C=O) groups is 2. The second kappa shape index (κ2) is 15.8. The number of carbonyl (C=O) groups excluding carboxylic acids is 1. The van der Waals surface area contributed by atoms with Crippen LogP contribution in [0.3, 0.4) is 0 Å². The molecule has 0 bridgehead atoms. The van der Waals surface area contributed by atoms with Crippen molar-refractivity contribution in [3.8, 4) is 16.9 Å². The summed E-state index contributed by atoms with van der Waals surface area (Å²) in [5, 5.41) is 17.5. The maximum atomic E-state index is 14.2. The summed E-state index contributed by atoms with van der Waals surface area (Å²) in [5.41, 5.74) is 0.368. The molecule has 9 nitrogen and oxygen atoms in total. The van der Waals surface area contributed by atoms with Crippen LogP contribution in [0.5, 0.6) is 5.75 Å². The number of morpholine rings is 1. The first-order valence-corrected chi connectivity index (χ1v) is 15.2. The van der Waals surface area contributed by atoms with E-state index in [9.17, 15) is 40.3 Å². The second-order valence-corrected chi connectivity index (χ2v) is 11.9.